The molecule has 2 aliphatic rings. The highest BCUT2D eigenvalue weighted by Gasteiger charge is 2.41. The van der Waals surface area contributed by atoms with E-state index < -0.39 is 0 Å². The van der Waals surface area contributed by atoms with Crippen molar-refractivity contribution in [2.45, 2.75) is 51.4 Å². The molecule has 0 aliphatic carbocycles. The number of nitrogens with one attached hydrogen (secondary N) is 1. The fourth-order valence-corrected chi connectivity index (χ4v) is 4.23. The summed E-state index contributed by atoms with van der Waals surface area (Å²) in [5.41, 5.74) is 1.23. The van der Waals surface area contributed by atoms with Crippen molar-refractivity contribution < 1.29 is 4.79 Å². The van der Waals surface area contributed by atoms with Crippen LogP contribution in [0, 0.1) is 0 Å². The second-order valence-corrected chi connectivity index (χ2v) is 6.95. The van der Waals surface area contributed by atoms with Gasteiger partial charge in [-0.1, -0.05) is 6.92 Å². The summed E-state index contributed by atoms with van der Waals surface area (Å²) in [5, 5.41) is 7.70. The monoisotopic (exact) mass is 307 g/mol. The fourth-order valence-electron chi connectivity index (χ4n) is 3.55. The van der Waals surface area contributed by atoms with E-state index in [1.54, 1.807) is 11.3 Å². The van der Waals surface area contributed by atoms with Crippen molar-refractivity contribution in [3.8, 4) is 0 Å². The molecule has 3 rings (SSSR count). The summed E-state index contributed by atoms with van der Waals surface area (Å²) >= 11 is 1.70. The van der Waals surface area contributed by atoms with Gasteiger partial charge in [0.1, 0.15) is 6.17 Å². The minimum atomic E-state index is -0.0661. The molecule has 1 amide bonds. The zero-order chi connectivity index (χ0) is 14.8. The Kier molecular flexibility index (Phi) is 4.62. The number of hydrogen-bond donors (Lipinski definition) is 1. The SMILES string of the molecule is CCCN1CCC(N2C(=O)C(C)NC2c2ccsc2)CC1. The van der Waals surface area contributed by atoms with Gasteiger partial charge in [-0.05, 0) is 55.1 Å². The number of nitrogens with zero attached hydrogens (tertiary/aromatic N) is 2. The Balaban J connectivity index is 1.71. The highest BCUT2D eigenvalue weighted by molar-refractivity contribution is 7.07. The minimum Gasteiger partial charge on any atom is -0.318 e. The van der Waals surface area contributed by atoms with Crippen LogP contribution in [0.1, 0.15) is 44.8 Å². The molecule has 1 N–H and O–H groups in total. The lowest BCUT2D eigenvalue weighted by Crippen LogP contribution is -2.47. The Hall–Kier alpha value is -0.910. The molecular weight excluding hydrogens is 282 g/mol. The van der Waals surface area contributed by atoms with E-state index in [1.807, 2.05) is 6.92 Å². The van der Waals surface area contributed by atoms with E-state index in [1.165, 1.54) is 18.5 Å². The maximum atomic E-state index is 12.6. The molecule has 1 aromatic heterocycles. The van der Waals surface area contributed by atoms with E-state index in [0.29, 0.717) is 6.04 Å². The molecule has 2 unspecified atom stereocenters. The van der Waals surface area contributed by atoms with Crippen LogP contribution in [0.3, 0.4) is 0 Å². The molecule has 5 heteroatoms. The molecular formula is C16H25N3OS. The highest BCUT2D eigenvalue weighted by atomic mass is 32.1. The van der Waals surface area contributed by atoms with Crippen LogP contribution in [0.2, 0.25) is 0 Å². The van der Waals surface area contributed by atoms with Gasteiger partial charge < -0.3 is 9.80 Å². The van der Waals surface area contributed by atoms with Crippen molar-refractivity contribution in [2.75, 3.05) is 19.6 Å². The maximum absolute atomic E-state index is 12.6. The first-order valence-corrected chi connectivity index (χ1v) is 8.97. The highest BCUT2D eigenvalue weighted by Crippen LogP contribution is 2.32. The number of rotatable bonds is 4. The van der Waals surface area contributed by atoms with Gasteiger partial charge in [-0.15, -0.1) is 0 Å². The van der Waals surface area contributed by atoms with E-state index in [2.05, 4.69) is 38.9 Å². The average Bonchev–Trinajstić information content (AvgIpc) is 3.10. The lowest BCUT2D eigenvalue weighted by atomic mass is 10.0. The topological polar surface area (TPSA) is 35.6 Å². The molecule has 2 fully saturated rings. The smallest absolute Gasteiger partial charge is 0.241 e. The van der Waals surface area contributed by atoms with Gasteiger partial charge in [-0.25, -0.2) is 0 Å². The summed E-state index contributed by atoms with van der Waals surface area (Å²) in [7, 11) is 0. The van der Waals surface area contributed by atoms with Crippen molar-refractivity contribution in [3.05, 3.63) is 22.4 Å². The van der Waals surface area contributed by atoms with Crippen LogP contribution in [0.25, 0.3) is 0 Å². The van der Waals surface area contributed by atoms with Gasteiger partial charge in [-0.3, -0.25) is 10.1 Å². The molecule has 0 bridgehead atoms. The third-order valence-corrected chi connectivity index (χ3v) is 5.36. The predicted octanol–water partition coefficient (Wildman–Crippen LogP) is 2.44. The second kappa shape index (κ2) is 6.46. The van der Waals surface area contributed by atoms with Gasteiger partial charge in [0.05, 0.1) is 6.04 Å². The summed E-state index contributed by atoms with van der Waals surface area (Å²) in [6.45, 7) is 7.63. The molecule has 1 aromatic rings. The van der Waals surface area contributed by atoms with Crippen LogP contribution in [0.4, 0.5) is 0 Å². The van der Waals surface area contributed by atoms with Crippen LogP contribution in [-0.2, 0) is 4.79 Å². The average molecular weight is 307 g/mol. The molecule has 0 radical (unpaired) electrons. The lowest BCUT2D eigenvalue weighted by Gasteiger charge is -2.39. The van der Waals surface area contributed by atoms with Crippen molar-refractivity contribution in [1.82, 2.24) is 15.1 Å². The number of thiophene rings is 1. The Morgan fingerprint density at radius 3 is 2.76 bits per heavy atom. The zero-order valence-electron chi connectivity index (χ0n) is 12.9. The first-order valence-electron chi connectivity index (χ1n) is 8.03. The van der Waals surface area contributed by atoms with Crippen molar-refractivity contribution >= 4 is 17.2 Å². The molecule has 2 aliphatic heterocycles. The molecule has 21 heavy (non-hydrogen) atoms. The van der Waals surface area contributed by atoms with Crippen molar-refractivity contribution in [3.63, 3.8) is 0 Å². The molecule has 116 valence electrons. The van der Waals surface area contributed by atoms with Gasteiger partial charge >= 0.3 is 0 Å². The Morgan fingerprint density at radius 1 is 1.38 bits per heavy atom. The quantitative estimate of drug-likeness (QED) is 0.928. The van der Waals surface area contributed by atoms with Crippen LogP contribution in [0.15, 0.2) is 16.8 Å². The van der Waals surface area contributed by atoms with Crippen LogP contribution in [-0.4, -0.2) is 47.4 Å². The van der Waals surface area contributed by atoms with Crippen LogP contribution >= 0.6 is 11.3 Å². The second-order valence-electron chi connectivity index (χ2n) is 6.17. The standard InChI is InChI=1S/C16H25N3OS/c1-3-7-18-8-4-14(5-9-18)19-15(13-6-10-21-11-13)17-12(2)16(19)20/h6,10-12,14-15,17H,3-5,7-9H2,1-2H3. The molecule has 2 atom stereocenters. The predicted molar refractivity (Wildman–Crippen MR) is 86.3 cm³/mol. The van der Waals surface area contributed by atoms with Gasteiger partial charge in [0, 0.05) is 19.1 Å². The molecule has 4 nitrogen and oxygen atoms in total. The number of carbonyl (C=O) groups excluding carboxylic acids is 1. The minimum absolute atomic E-state index is 0.0661. The third kappa shape index (κ3) is 3.00. The molecule has 0 aromatic carbocycles. The molecule has 0 spiro atoms. The van der Waals surface area contributed by atoms with Gasteiger partial charge in [-0.2, -0.15) is 11.3 Å². The summed E-state index contributed by atoms with van der Waals surface area (Å²) in [6, 6.07) is 2.45. The van der Waals surface area contributed by atoms with E-state index >= 15 is 0 Å². The van der Waals surface area contributed by atoms with Crippen molar-refractivity contribution in [2.24, 2.45) is 0 Å². The van der Waals surface area contributed by atoms with E-state index in [4.69, 9.17) is 0 Å². The first-order chi connectivity index (χ1) is 10.2. The van der Waals surface area contributed by atoms with E-state index in [9.17, 15) is 4.79 Å². The maximum Gasteiger partial charge on any atom is 0.241 e. The van der Waals surface area contributed by atoms with Crippen molar-refractivity contribution in [1.29, 1.82) is 0 Å². The summed E-state index contributed by atoms with van der Waals surface area (Å²) in [6.07, 6.45) is 3.48. The number of likely N-dealkylation sites (tertiary alicyclic amines) is 1. The lowest BCUT2D eigenvalue weighted by molar-refractivity contribution is -0.133. The third-order valence-electron chi connectivity index (χ3n) is 4.66. The number of amides is 1. The first kappa shape index (κ1) is 15.0. The van der Waals surface area contributed by atoms with E-state index in [-0.39, 0.29) is 18.1 Å². The number of hydrogen-bond acceptors (Lipinski definition) is 4. The summed E-state index contributed by atoms with van der Waals surface area (Å²) in [5.74, 6) is 0.264. The van der Waals surface area contributed by atoms with Gasteiger partial charge in [0.2, 0.25) is 5.91 Å². The Bertz CT molecular complexity index is 468. The Labute approximate surface area is 131 Å². The molecule has 3 heterocycles. The van der Waals surface area contributed by atoms with Gasteiger partial charge in [0.15, 0.2) is 0 Å². The Morgan fingerprint density at radius 2 is 2.14 bits per heavy atom. The summed E-state index contributed by atoms with van der Waals surface area (Å²) < 4.78 is 0. The molecule has 2 saturated heterocycles. The number of piperidine rings is 1. The largest absolute Gasteiger partial charge is 0.318 e. The normalized spacial score (nSPS) is 28.5. The summed E-state index contributed by atoms with van der Waals surface area (Å²) in [4.78, 5) is 17.2. The zero-order valence-corrected chi connectivity index (χ0v) is 13.7. The van der Waals surface area contributed by atoms with Crippen LogP contribution < -0.4 is 5.32 Å². The molecule has 0 saturated carbocycles. The fraction of sp³-hybridized carbons (Fsp3) is 0.688. The number of carbonyl (C=O) groups is 1. The van der Waals surface area contributed by atoms with E-state index in [0.717, 1.165) is 25.9 Å². The van der Waals surface area contributed by atoms with Gasteiger partial charge in [0.25, 0.3) is 0 Å². The van der Waals surface area contributed by atoms with Crippen LogP contribution in [0.5, 0.6) is 0 Å².